The van der Waals surface area contributed by atoms with Crippen molar-refractivity contribution >= 4 is 34.6 Å². The molecule has 0 saturated heterocycles. The molecule has 0 spiro atoms. The van der Waals surface area contributed by atoms with E-state index in [2.05, 4.69) is 9.22 Å². The number of ketones is 1. The first-order valence-electron chi connectivity index (χ1n) is 6.62. The lowest BCUT2D eigenvalue weighted by Crippen LogP contribution is -2.11. The summed E-state index contributed by atoms with van der Waals surface area (Å²) in [6.45, 7) is 1.30. The molecule has 2 aromatic rings. The van der Waals surface area contributed by atoms with E-state index in [0.717, 1.165) is 0 Å². The number of halogens is 3. The molecule has 25 heavy (non-hydrogen) atoms. The summed E-state index contributed by atoms with van der Waals surface area (Å²) < 4.78 is 44.3. The second-order valence-electron chi connectivity index (χ2n) is 4.84. The maximum atomic E-state index is 11.8. The van der Waals surface area contributed by atoms with Crippen molar-refractivity contribution in [3.8, 4) is 5.75 Å². The minimum atomic E-state index is -5.00. The number of rotatable bonds is 7. The van der Waals surface area contributed by atoms with E-state index >= 15 is 0 Å². The molecule has 0 saturated carbocycles. The first-order chi connectivity index (χ1) is 11.7. The molecule has 0 fully saturated rings. The highest BCUT2D eigenvalue weighted by atomic mass is 32.2. The van der Waals surface area contributed by atoms with Crippen molar-refractivity contribution < 1.29 is 36.3 Å². The van der Waals surface area contributed by atoms with Crippen LogP contribution in [0.1, 0.15) is 12.5 Å². The molecule has 0 aliphatic carbocycles. The molecule has 11 heteroatoms. The van der Waals surface area contributed by atoms with Gasteiger partial charge in [-0.2, -0.15) is 0 Å². The highest BCUT2D eigenvalue weighted by Crippen LogP contribution is 2.34. The highest BCUT2D eigenvalue weighted by Gasteiger charge is 2.32. The van der Waals surface area contributed by atoms with Gasteiger partial charge in [-0.3, -0.25) is 14.9 Å². The maximum Gasteiger partial charge on any atom is 0.550 e. The van der Waals surface area contributed by atoms with Crippen molar-refractivity contribution in [3.63, 3.8) is 0 Å². The molecule has 0 amide bonds. The lowest BCUT2D eigenvalue weighted by atomic mass is 10.0. The van der Waals surface area contributed by atoms with E-state index < -0.39 is 11.3 Å². The number of non-ortho nitro benzene ring substituents is 1. The lowest BCUT2D eigenvalue weighted by Gasteiger charge is -2.11. The van der Waals surface area contributed by atoms with Gasteiger partial charge >= 0.3 is 6.36 Å². The zero-order valence-corrected chi connectivity index (χ0v) is 13.3. The van der Waals surface area contributed by atoms with Crippen molar-refractivity contribution in [2.75, 3.05) is 0 Å². The predicted molar refractivity (Wildman–Crippen MR) is 81.4 cm³/mol. The third-order valence-corrected chi connectivity index (χ3v) is 3.33. The minimum Gasteiger partial charge on any atom is -0.398 e. The summed E-state index contributed by atoms with van der Waals surface area (Å²) in [4.78, 5) is 25.0. The number of Topliss-reactive ketones (excluding diaryl/α,β-unsaturated/α-hetero) is 1. The smallest absolute Gasteiger partial charge is 0.398 e. The molecule has 0 unspecified atom stereocenters. The van der Waals surface area contributed by atoms with Gasteiger partial charge in [0.05, 0.1) is 10.3 Å². The molecule has 2 rings (SSSR count). The summed E-state index contributed by atoms with van der Waals surface area (Å²) in [6.07, 6.45) is -5.12. The number of nitro benzene ring substituents is 1. The number of hydrogen-bond donors (Lipinski definition) is 0. The van der Waals surface area contributed by atoms with Crippen LogP contribution >= 0.6 is 12.3 Å². The Bertz CT molecular complexity index is 811. The van der Waals surface area contributed by atoms with E-state index in [0.29, 0.717) is 5.39 Å². The lowest BCUT2D eigenvalue weighted by molar-refractivity contribution is -0.441. The molecule has 134 valence electrons. The maximum absolute atomic E-state index is 11.8. The third kappa shape index (κ3) is 5.31. The fraction of sp³-hybridized carbons (Fsp3) is 0.214. The van der Waals surface area contributed by atoms with E-state index in [1.165, 1.54) is 31.2 Å². The van der Waals surface area contributed by atoms with Crippen molar-refractivity contribution in [1.29, 1.82) is 0 Å². The van der Waals surface area contributed by atoms with Crippen molar-refractivity contribution in [3.05, 3.63) is 46.0 Å². The Labute approximate surface area is 143 Å². The van der Waals surface area contributed by atoms with Crippen LogP contribution in [0.15, 0.2) is 30.3 Å². The van der Waals surface area contributed by atoms with Gasteiger partial charge < -0.3 is 4.18 Å². The van der Waals surface area contributed by atoms with Gasteiger partial charge in [0.25, 0.3) is 18.0 Å². The van der Waals surface area contributed by atoms with Gasteiger partial charge in [-0.1, -0.05) is 12.1 Å². The summed E-state index contributed by atoms with van der Waals surface area (Å²) in [5.41, 5.74) is 0.0931. The van der Waals surface area contributed by atoms with E-state index in [9.17, 15) is 28.1 Å². The third-order valence-electron chi connectivity index (χ3n) is 2.95. The topological polar surface area (TPSA) is 87.9 Å². The van der Waals surface area contributed by atoms with Crippen LogP contribution in [-0.2, 0) is 20.4 Å². The molecule has 0 heterocycles. The summed E-state index contributed by atoms with van der Waals surface area (Å²) in [5.74, 6) is -0.237. The Kier molecular flexibility index (Phi) is 5.82. The van der Waals surface area contributed by atoms with Crippen LogP contribution in [-0.4, -0.2) is 17.1 Å². The zero-order chi connectivity index (χ0) is 18.6. The number of carbonyl (C=O) groups is 1. The summed E-state index contributed by atoms with van der Waals surface area (Å²) in [5, 5.41) is 11.8. The monoisotopic (exact) mass is 377 g/mol. The molecular formula is C14H10F3NO6S. The first-order valence-corrected chi connectivity index (χ1v) is 7.29. The SMILES string of the molecule is CC(=O)Cc1cc2c([N+](=O)[O-])cccc2cc1OSOOC(F)(F)F. The molecular weight excluding hydrogens is 367 g/mol. The van der Waals surface area contributed by atoms with Crippen molar-refractivity contribution in [2.45, 2.75) is 19.7 Å². The molecule has 0 aliphatic rings. The number of nitrogens with zero attached hydrogens (tertiary/aromatic N) is 1. The Morgan fingerprint density at radius 2 is 2.04 bits per heavy atom. The molecule has 0 N–H and O–H groups in total. The molecule has 7 nitrogen and oxygen atoms in total. The van der Waals surface area contributed by atoms with Gasteiger partial charge in [0, 0.05) is 18.1 Å². The second-order valence-corrected chi connectivity index (χ2v) is 5.28. The Hall–Kier alpha value is -2.37. The Morgan fingerprint density at radius 1 is 1.32 bits per heavy atom. The number of nitro groups is 1. The van der Waals surface area contributed by atoms with Crippen LogP contribution in [0, 0.1) is 10.1 Å². The quantitative estimate of drug-likeness (QED) is 0.234. The van der Waals surface area contributed by atoms with Gasteiger partial charge in [0.2, 0.25) is 0 Å². The van der Waals surface area contributed by atoms with Gasteiger partial charge in [-0.15, -0.1) is 22.4 Å². The van der Waals surface area contributed by atoms with E-state index in [4.69, 9.17) is 4.18 Å². The number of fused-ring (bicyclic) bond motifs is 1. The molecule has 0 atom stereocenters. The van der Waals surface area contributed by atoms with Gasteiger partial charge in [0.1, 0.15) is 11.5 Å². The number of benzene rings is 2. The average Bonchev–Trinajstić information content (AvgIpc) is 2.49. The van der Waals surface area contributed by atoms with Gasteiger partial charge in [0.15, 0.2) is 0 Å². The van der Waals surface area contributed by atoms with Crippen molar-refractivity contribution in [2.24, 2.45) is 0 Å². The van der Waals surface area contributed by atoms with Crippen LogP contribution in [0.5, 0.6) is 5.75 Å². The van der Waals surface area contributed by atoms with E-state index in [1.807, 2.05) is 0 Å². The van der Waals surface area contributed by atoms with E-state index in [-0.39, 0.29) is 46.9 Å². The number of alkyl halides is 3. The van der Waals surface area contributed by atoms with Crippen LogP contribution in [0.4, 0.5) is 18.9 Å². The summed E-state index contributed by atoms with van der Waals surface area (Å²) >= 11 is -0.0939. The largest absolute Gasteiger partial charge is 0.550 e. The predicted octanol–water partition coefficient (Wildman–Crippen LogP) is 4.29. The average molecular weight is 377 g/mol. The first kappa shape index (κ1) is 19.0. The van der Waals surface area contributed by atoms with E-state index in [1.54, 1.807) is 6.07 Å². The molecule has 0 aromatic heterocycles. The Morgan fingerprint density at radius 3 is 2.64 bits per heavy atom. The fourth-order valence-corrected chi connectivity index (χ4v) is 2.44. The Balaban J connectivity index is 2.33. The van der Waals surface area contributed by atoms with Crippen LogP contribution in [0.3, 0.4) is 0 Å². The van der Waals surface area contributed by atoms with Crippen LogP contribution in [0.2, 0.25) is 0 Å². The summed E-state index contributed by atoms with van der Waals surface area (Å²) in [7, 11) is 0. The normalized spacial score (nSPS) is 11.5. The number of hydrogen-bond acceptors (Lipinski definition) is 7. The van der Waals surface area contributed by atoms with Crippen molar-refractivity contribution in [1.82, 2.24) is 0 Å². The van der Waals surface area contributed by atoms with Gasteiger partial charge in [-0.05, 0) is 24.4 Å². The highest BCUT2D eigenvalue weighted by molar-refractivity contribution is 7.90. The standard InChI is InChI=1S/C14H10F3NO6S/c1-8(19)5-10-6-11-9(3-2-4-12(11)18(20)21)7-13(10)22-25-24-23-14(15,16)17/h2-4,6-7H,5H2,1H3. The van der Waals surface area contributed by atoms with Crippen LogP contribution in [0.25, 0.3) is 10.8 Å². The minimum absolute atomic E-state index is 0.0268. The molecule has 0 aliphatic heterocycles. The molecule has 0 bridgehead atoms. The molecule has 0 radical (unpaired) electrons. The fourth-order valence-electron chi connectivity index (χ4n) is 2.08. The number of carbonyl (C=O) groups excluding carboxylic acids is 1. The summed E-state index contributed by atoms with van der Waals surface area (Å²) in [6, 6.07) is 7.06. The van der Waals surface area contributed by atoms with Gasteiger partial charge in [-0.25, -0.2) is 0 Å². The molecule has 2 aromatic carbocycles. The second kappa shape index (κ2) is 7.68. The van der Waals surface area contributed by atoms with Crippen LogP contribution < -0.4 is 4.18 Å². The zero-order valence-electron chi connectivity index (χ0n) is 12.5.